The van der Waals surface area contributed by atoms with Crippen molar-refractivity contribution in [3.05, 3.63) is 83.1 Å². The number of hydrogen-bond acceptors (Lipinski definition) is 4. The zero-order valence-corrected chi connectivity index (χ0v) is 24.7. The van der Waals surface area contributed by atoms with Crippen molar-refractivity contribution in [2.24, 2.45) is 7.05 Å². The number of rotatable bonds is 11. The number of likely N-dealkylation sites (tertiary alicyclic amines) is 1. The first-order chi connectivity index (χ1) is 20.4. The molecule has 4 aromatic rings. The third-order valence-electron chi connectivity index (χ3n) is 8.24. The topological polar surface area (TPSA) is 81.4 Å². The molecule has 1 unspecified atom stereocenters. The number of aryl methyl sites for hydroxylation is 4. The Bertz CT molecular complexity index is 1540. The molecule has 1 aliphatic heterocycles. The molecule has 2 aromatic carbocycles. The van der Waals surface area contributed by atoms with Crippen LogP contribution < -0.4 is 5.32 Å². The molecule has 1 fully saturated rings. The number of methoxy groups -OCH3 is 1. The second kappa shape index (κ2) is 13.3. The molecule has 1 saturated heterocycles. The molecule has 0 bridgehead atoms. The van der Waals surface area contributed by atoms with E-state index in [9.17, 15) is 9.59 Å². The summed E-state index contributed by atoms with van der Waals surface area (Å²) >= 11 is 0. The fourth-order valence-electron chi connectivity index (χ4n) is 6.19. The second-order valence-corrected chi connectivity index (χ2v) is 11.2. The molecule has 0 radical (unpaired) electrons. The maximum absolute atomic E-state index is 15.0. The van der Waals surface area contributed by atoms with E-state index < -0.39 is 0 Å². The van der Waals surface area contributed by atoms with Crippen molar-refractivity contribution in [3.8, 4) is 0 Å². The average Bonchev–Trinajstić information content (AvgIpc) is 3.55. The van der Waals surface area contributed by atoms with Crippen LogP contribution in [0, 0.1) is 12.7 Å². The number of halogens is 1. The van der Waals surface area contributed by atoms with E-state index in [1.807, 2.05) is 35.2 Å². The molecule has 1 aliphatic rings. The van der Waals surface area contributed by atoms with E-state index >= 15 is 4.39 Å². The quantitative estimate of drug-likeness (QED) is 0.229. The van der Waals surface area contributed by atoms with Crippen LogP contribution in [0.1, 0.15) is 65.3 Å². The molecule has 42 heavy (non-hydrogen) atoms. The monoisotopic (exact) mass is 573 g/mol. The van der Waals surface area contributed by atoms with Crippen molar-refractivity contribution < 1.29 is 18.7 Å². The number of benzene rings is 2. The maximum atomic E-state index is 15.0. The molecule has 0 saturated carbocycles. The van der Waals surface area contributed by atoms with Gasteiger partial charge in [-0.25, -0.2) is 4.39 Å². The lowest BCUT2D eigenvalue weighted by Gasteiger charge is -2.34. The van der Waals surface area contributed by atoms with Crippen LogP contribution in [0.5, 0.6) is 0 Å². The minimum Gasteiger partial charge on any atom is -0.385 e. The van der Waals surface area contributed by atoms with E-state index in [2.05, 4.69) is 21.9 Å². The van der Waals surface area contributed by atoms with Gasteiger partial charge in [0, 0.05) is 75.7 Å². The van der Waals surface area contributed by atoms with Crippen molar-refractivity contribution >= 4 is 28.4 Å². The summed E-state index contributed by atoms with van der Waals surface area (Å²) in [4.78, 5) is 27.6. The molecule has 1 atom stereocenters. The lowest BCUT2D eigenvalue weighted by Crippen LogP contribution is -2.39. The zero-order valence-electron chi connectivity index (χ0n) is 24.7. The standard InChI is InChI=1S/C33H40FN5O3/c1-23-27-10-5-11-28(34)32(27)39(19-7-21-42-3)31(23)25-9-6-18-38(22-25)30(40)12-4-8-24-13-15-26(16-14-24)35-33(41)29-17-20-37(2)36-29/h5,10-11,13-17,20,25H,4,6-9,12,18-19,21-22H2,1-3H3,(H,35,41). The first kappa shape index (κ1) is 29.5. The molecule has 0 spiro atoms. The van der Waals surface area contributed by atoms with E-state index in [-0.39, 0.29) is 23.5 Å². The highest BCUT2D eigenvalue weighted by molar-refractivity contribution is 6.02. The van der Waals surface area contributed by atoms with Crippen LogP contribution >= 0.6 is 0 Å². The number of fused-ring (bicyclic) bond motifs is 1. The number of carbonyl (C=O) groups is 2. The molecule has 3 heterocycles. The van der Waals surface area contributed by atoms with Gasteiger partial charge in [0.2, 0.25) is 5.91 Å². The summed E-state index contributed by atoms with van der Waals surface area (Å²) < 4.78 is 24.0. The number of hydrogen-bond donors (Lipinski definition) is 1. The number of nitrogens with zero attached hydrogens (tertiary/aromatic N) is 4. The molecule has 2 aromatic heterocycles. The van der Waals surface area contributed by atoms with Gasteiger partial charge in [0.05, 0.1) is 5.52 Å². The Hall–Kier alpha value is -3.98. The second-order valence-electron chi connectivity index (χ2n) is 11.2. The van der Waals surface area contributed by atoms with Crippen LogP contribution in [-0.2, 0) is 29.5 Å². The average molecular weight is 574 g/mol. The Morgan fingerprint density at radius 1 is 1.12 bits per heavy atom. The minimum atomic E-state index is -0.246. The maximum Gasteiger partial charge on any atom is 0.276 e. The third-order valence-corrected chi connectivity index (χ3v) is 8.24. The van der Waals surface area contributed by atoms with Crippen molar-refractivity contribution in [3.63, 3.8) is 0 Å². The van der Waals surface area contributed by atoms with Crippen molar-refractivity contribution in [1.82, 2.24) is 19.2 Å². The molecule has 1 N–H and O–H groups in total. The Balaban J connectivity index is 1.18. The lowest BCUT2D eigenvalue weighted by molar-refractivity contribution is -0.132. The zero-order chi connectivity index (χ0) is 29.6. The van der Waals surface area contributed by atoms with Crippen LogP contribution in [0.3, 0.4) is 0 Å². The molecule has 2 amide bonds. The summed E-state index contributed by atoms with van der Waals surface area (Å²) in [5.41, 5.74) is 5.12. The fourth-order valence-corrected chi connectivity index (χ4v) is 6.19. The first-order valence-corrected chi connectivity index (χ1v) is 14.8. The summed E-state index contributed by atoms with van der Waals surface area (Å²) in [7, 11) is 3.46. The van der Waals surface area contributed by atoms with Gasteiger partial charge in [-0.2, -0.15) is 5.10 Å². The van der Waals surface area contributed by atoms with E-state index in [1.54, 1.807) is 37.2 Å². The number of anilines is 1. The van der Waals surface area contributed by atoms with E-state index in [4.69, 9.17) is 4.74 Å². The van der Waals surface area contributed by atoms with E-state index in [0.717, 1.165) is 60.9 Å². The number of piperidine rings is 1. The summed E-state index contributed by atoms with van der Waals surface area (Å²) in [5.74, 6) is -0.105. The van der Waals surface area contributed by atoms with Gasteiger partial charge >= 0.3 is 0 Å². The number of carbonyl (C=O) groups excluding carboxylic acids is 2. The van der Waals surface area contributed by atoms with Crippen LogP contribution in [0.2, 0.25) is 0 Å². The number of nitrogens with one attached hydrogen (secondary N) is 1. The molecule has 5 rings (SSSR count). The highest BCUT2D eigenvalue weighted by Crippen LogP contribution is 2.36. The van der Waals surface area contributed by atoms with Gasteiger partial charge in [0.1, 0.15) is 5.82 Å². The van der Waals surface area contributed by atoms with Gasteiger partial charge < -0.3 is 19.5 Å². The van der Waals surface area contributed by atoms with E-state index in [1.165, 1.54) is 6.07 Å². The largest absolute Gasteiger partial charge is 0.385 e. The van der Waals surface area contributed by atoms with Gasteiger partial charge in [0.25, 0.3) is 5.91 Å². The van der Waals surface area contributed by atoms with Gasteiger partial charge in [0.15, 0.2) is 5.69 Å². The van der Waals surface area contributed by atoms with Gasteiger partial charge in [-0.15, -0.1) is 0 Å². The van der Waals surface area contributed by atoms with Crippen molar-refractivity contribution in [1.29, 1.82) is 0 Å². The third kappa shape index (κ3) is 6.57. The number of aromatic nitrogens is 3. The van der Waals surface area contributed by atoms with Gasteiger partial charge in [-0.3, -0.25) is 14.3 Å². The first-order valence-electron chi connectivity index (χ1n) is 14.8. The fraction of sp³-hybridized carbons (Fsp3) is 0.424. The number of para-hydroxylation sites is 1. The SMILES string of the molecule is COCCCn1c(C2CCCN(C(=O)CCCc3ccc(NC(=O)c4ccn(C)n4)cc3)C2)c(C)c2cccc(F)c21. The van der Waals surface area contributed by atoms with Crippen LogP contribution in [0.25, 0.3) is 10.9 Å². The Kier molecular flexibility index (Phi) is 9.37. The number of ether oxygens (including phenoxy) is 1. The van der Waals surface area contributed by atoms with Crippen LogP contribution in [0.4, 0.5) is 10.1 Å². The highest BCUT2D eigenvalue weighted by Gasteiger charge is 2.29. The summed E-state index contributed by atoms with van der Waals surface area (Å²) in [5, 5.41) is 7.94. The summed E-state index contributed by atoms with van der Waals surface area (Å²) in [6.45, 7) is 4.80. The Labute approximate surface area is 246 Å². The predicted octanol–water partition coefficient (Wildman–Crippen LogP) is 5.84. The predicted molar refractivity (Wildman–Crippen MR) is 162 cm³/mol. The van der Waals surface area contributed by atoms with Gasteiger partial charge in [-0.1, -0.05) is 24.3 Å². The molecule has 0 aliphatic carbocycles. The Morgan fingerprint density at radius 2 is 1.93 bits per heavy atom. The number of amides is 2. The van der Waals surface area contributed by atoms with Crippen molar-refractivity contribution in [2.75, 3.05) is 32.1 Å². The molecule has 222 valence electrons. The molecular weight excluding hydrogens is 533 g/mol. The Morgan fingerprint density at radius 3 is 2.67 bits per heavy atom. The van der Waals surface area contributed by atoms with Crippen LogP contribution in [-0.4, -0.2) is 57.9 Å². The van der Waals surface area contributed by atoms with Crippen molar-refractivity contribution in [2.45, 2.75) is 57.9 Å². The smallest absolute Gasteiger partial charge is 0.276 e. The van der Waals surface area contributed by atoms with Gasteiger partial charge in [-0.05, 0) is 74.4 Å². The summed E-state index contributed by atoms with van der Waals surface area (Å²) in [6.07, 6.45) is 6.46. The molecule has 9 heteroatoms. The van der Waals surface area contributed by atoms with E-state index in [0.29, 0.717) is 43.0 Å². The minimum absolute atomic E-state index is 0.171. The normalized spacial score (nSPS) is 15.3. The molecule has 8 nitrogen and oxygen atoms in total. The highest BCUT2D eigenvalue weighted by atomic mass is 19.1. The van der Waals surface area contributed by atoms with Crippen LogP contribution in [0.15, 0.2) is 54.7 Å². The lowest BCUT2D eigenvalue weighted by atomic mass is 9.91. The molecular formula is C33H40FN5O3. The summed E-state index contributed by atoms with van der Waals surface area (Å²) in [6, 6.07) is 14.7.